The summed E-state index contributed by atoms with van der Waals surface area (Å²) in [6, 6.07) is 12.1. The van der Waals surface area contributed by atoms with Crippen LogP contribution in [0.4, 0.5) is 0 Å². The number of rotatable bonds is 5. The highest BCUT2D eigenvalue weighted by Gasteiger charge is 2.11. The Morgan fingerprint density at radius 2 is 1.71 bits per heavy atom. The van der Waals surface area contributed by atoms with E-state index in [0.29, 0.717) is 0 Å². The highest BCUT2D eigenvalue weighted by molar-refractivity contribution is 7.99. The fourth-order valence-electron chi connectivity index (χ4n) is 1.31. The summed E-state index contributed by atoms with van der Waals surface area (Å²) in [4.78, 5) is 1.41. The molecule has 0 fully saturated rings. The maximum atomic E-state index is 2.44. The minimum absolute atomic E-state index is 0.809. The molecule has 0 atom stereocenters. The normalized spacial score (nSPS) is 11.6. The number of thioether (sulfide) groups is 1. The van der Waals surface area contributed by atoms with Crippen molar-refractivity contribution < 1.29 is 0 Å². The van der Waals surface area contributed by atoms with Crippen LogP contribution < -0.4 is 0 Å². The summed E-state index contributed by atoms with van der Waals surface area (Å²) in [5.74, 6) is 1.27. The molecule has 0 nitrogen and oxygen atoms in total. The summed E-state index contributed by atoms with van der Waals surface area (Å²) in [6.07, 6.45) is 1.37. The van der Waals surface area contributed by atoms with Gasteiger partial charge in [0.2, 0.25) is 0 Å². The lowest BCUT2D eigenvalue weighted by Crippen LogP contribution is -2.18. The molecule has 78 valence electrons. The molecule has 0 unspecified atom stereocenters. The molecule has 1 rings (SSSR count). The number of hydrogen-bond acceptors (Lipinski definition) is 1. The topological polar surface area (TPSA) is 0 Å². The van der Waals surface area contributed by atoms with Gasteiger partial charge in [-0.2, -0.15) is 0 Å². The predicted molar refractivity (Wildman–Crippen MR) is 69.9 cm³/mol. The predicted octanol–water partition coefficient (Wildman–Crippen LogP) is 4.51. The standard InChI is InChI=1S/C12H20SSi/c1-14(2,3)11-7-10-13-12-8-5-4-6-9-12/h4-6,8-9H,7,10-11H2,1-3H3. The molecule has 1 aromatic carbocycles. The summed E-state index contributed by atoms with van der Waals surface area (Å²) in [5, 5.41) is 0. The van der Waals surface area contributed by atoms with E-state index < -0.39 is 8.07 Å². The molecule has 0 heterocycles. The molecular weight excluding hydrogens is 204 g/mol. The molecule has 1 aromatic rings. The van der Waals surface area contributed by atoms with E-state index in [1.165, 1.54) is 23.1 Å². The second kappa shape index (κ2) is 5.62. The van der Waals surface area contributed by atoms with Crippen LogP contribution in [-0.4, -0.2) is 13.8 Å². The first-order chi connectivity index (χ1) is 6.58. The van der Waals surface area contributed by atoms with E-state index in [0.717, 1.165) is 0 Å². The van der Waals surface area contributed by atoms with Gasteiger partial charge in [-0.25, -0.2) is 0 Å². The van der Waals surface area contributed by atoms with Gasteiger partial charge < -0.3 is 0 Å². The van der Waals surface area contributed by atoms with Crippen molar-refractivity contribution in [3.05, 3.63) is 30.3 Å². The first-order valence-corrected chi connectivity index (χ1v) is 9.95. The molecule has 0 aromatic heterocycles. The van der Waals surface area contributed by atoms with E-state index >= 15 is 0 Å². The van der Waals surface area contributed by atoms with Gasteiger partial charge in [0.15, 0.2) is 0 Å². The molecule has 0 aliphatic rings. The van der Waals surface area contributed by atoms with E-state index in [9.17, 15) is 0 Å². The Balaban J connectivity index is 2.17. The Bertz CT molecular complexity index is 251. The Kier molecular flexibility index (Phi) is 4.76. The second-order valence-electron chi connectivity index (χ2n) is 4.83. The van der Waals surface area contributed by atoms with Gasteiger partial charge in [0.05, 0.1) is 0 Å². The Hall–Kier alpha value is -0.213. The minimum Gasteiger partial charge on any atom is -0.126 e. The SMILES string of the molecule is C[Si](C)(C)CCCSc1ccccc1. The van der Waals surface area contributed by atoms with Gasteiger partial charge in [0, 0.05) is 13.0 Å². The fourth-order valence-corrected chi connectivity index (χ4v) is 3.68. The summed E-state index contributed by atoms with van der Waals surface area (Å²) < 4.78 is 0. The van der Waals surface area contributed by atoms with Crippen molar-refractivity contribution in [2.75, 3.05) is 5.75 Å². The molecule has 0 N–H and O–H groups in total. The van der Waals surface area contributed by atoms with Gasteiger partial charge in [-0.05, 0) is 24.3 Å². The van der Waals surface area contributed by atoms with Crippen LogP contribution in [0.25, 0.3) is 0 Å². The maximum Gasteiger partial charge on any atom is 0.0442 e. The third-order valence-electron chi connectivity index (χ3n) is 2.08. The summed E-state index contributed by atoms with van der Waals surface area (Å²) in [6.45, 7) is 7.33. The lowest BCUT2D eigenvalue weighted by Gasteiger charge is -2.14. The average Bonchev–Trinajstić information content (AvgIpc) is 2.13. The highest BCUT2D eigenvalue weighted by atomic mass is 32.2. The van der Waals surface area contributed by atoms with Crippen molar-refractivity contribution in [3.8, 4) is 0 Å². The molecule has 0 radical (unpaired) electrons. The summed E-state index contributed by atoms with van der Waals surface area (Å²) in [7, 11) is -0.809. The Morgan fingerprint density at radius 1 is 1.07 bits per heavy atom. The number of hydrogen-bond donors (Lipinski definition) is 0. The van der Waals surface area contributed by atoms with Crippen LogP contribution in [0.2, 0.25) is 25.7 Å². The molecule has 0 saturated heterocycles. The van der Waals surface area contributed by atoms with Crippen molar-refractivity contribution in [1.29, 1.82) is 0 Å². The van der Waals surface area contributed by atoms with Crippen LogP contribution in [-0.2, 0) is 0 Å². The smallest absolute Gasteiger partial charge is 0.0442 e. The molecule has 0 aliphatic carbocycles. The van der Waals surface area contributed by atoms with Crippen molar-refractivity contribution in [2.45, 2.75) is 37.0 Å². The zero-order valence-electron chi connectivity index (χ0n) is 9.42. The zero-order chi connectivity index (χ0) is 10.4. The number of benzene rings is 1. The third-order valence-corrected chi connectivity index (χ3v) is 5.03. The average molecular weight is 224 g/mol. The molecule has 14 heavy (non-hydrogen) atoms. The summed E-state index contributed by atoms with van der Waals surface area (Å²) in [5.41, 5.74) is 0. The maximum absolute atomic E-state index is 2.44. The van der Waals surface area contributed by atoms with E-state index in [1.807, 2.05) is 11.8 Å². The monoisotopic (exact) mass is 224 g/mol. The van der Waals surface area contributed by atoms with Crippen molar-refractivity contribution in [3.63, 3.8) is 0 Å². The van der Waals surface area contributed by atoms with Crippen LogP contribution in [0.3, 0.4) is 0 Å². The lowest BCUT2D eigenvalue weighted by molar-refractivity contribution is 1.06. The van der Waals surface area contributed by atoms with E-state index in [1.54, 1.807) is 0 Å². The first kappa shape index (κ1) is 11.9. The zero-order valence-corrected chi connectivity index (χ0v) is 11.2. The second-order valence-corrected chi connectivity index (χ2v) is 11.6. The van der Waals surface area contributed by atoms with Gasteiger partial charge in [0.1, 0.15) is 0 Å². The van der Waals surface area contributed by atoms with Gasteiger partial charge >= 0.3 is 0 Å². The van der Waals surface area contributed by atoms with Crippen LogP contribution in [0, 0.1) is 0 Å². The van der Waals surface area contributed by atoms with Gasteiger partial charge in [-0.3, -0.25) is 0 Å². The minimum atomic E-state index is -0.809. The Labute approximate surface area is 93.1 Å². The molecule has 0 aliphatic heterocycles. The molecule has 0 saturated carbocycles. The summed E-state index contributed by atoms with van der Waals surface area (Å²) >= 11 is 1.98. The van der Waals surface area contributed by atoms with Crippen molar-refractivity contribution >= 4 is 19.8 Å². The quantitative estimate of drug-likeness (QED) is 0.403. The van der Waals surface area contributed by atoms with Gasteiger partial charge in [-0.1, -0.05) is 43.9 Å². The molecule has 0 bridgehead atoms. The molecular formula is C12H20SSi. The van der Waals surface area contributed by atoms with Gasteiger partial charge in [0.25, 0.3) is 0 Å². The first-order valence-electron chi connectivity index (χ1n) is 5.26. The highest BCUT2D eigenvalue weighted by Crippen LogP contribution is 2.20. The lowest BCUT2D eigenvalue weighted by atomic mass is 10.4. The van der Waals surface area contributed by atoms with Crippen LogP contribution in [0.15, 0.2) is 35.2 Å². The third kappa shape index (κ3) is 5.50. The van der Waals surface area contributed by atoms with E-state index in [4.69, 9.17) is 0 Å². The molecule has 0 spiro atoms. The molecule has 0 amide bonds. The van der Waals surface area contributed by atoms with Crippen LogP contribution in [0.1, 0.15) is 6.42 Å². The van der Waals surface area contributed by atoms with Crippen molar-refractivity contribution in [2.24, 2.45) is 0 Å². The van der Waals surface area contributed by atoms with Crippen LogP contribution in [0.5, 0.6) is 0 Å². The van der Waals surface area contributed by atoms with E-state index in [-0.39, 0.29) is 0 Å². The fraction of sp³-hybridized carbons (Fsp3) is 0.500. The van der Waals surface area contributed by atoms with Crippen LogP contribution >= 0.6 is 11.8 Å². The largest absolute Gasteiger partial charge is 0.126 e. The van der Waals surface area contributed by atoms with Crippen molar-refractivity contribution in [1.82, 2.24) is 0 Å². The van der Waals surface area contributed by atoms with Gasteiger partial charge in [-0.15, -0.1) is 11.8 Å². The molecule has 2 heteroatoms. The Morgan fingerprint density at radius 3 is 2.29 bits per heavy atom. The van der Waals surface area contributed by atoms with E-state index in [2.05, 4.69) is 50.0 Å².